The first-order valence-electron chi connectivity index (χ1n) is 8.70. The maximum Gasteiger partial charge on any atom is 0.344 e. The monoisotopic (exact) mass is 363 g/mol. The molecule has 1 aliphatic heterocycles. The van der Waals surface area contributed by atoms with Gasteiger partial charge >= 0.3 is 5.97 Å². The average molecular weight is 363 g/mol. The summed E-state index contributed by atoms with van der Waals surface area (Å²) in [6.07, 6.45) is 0. The number of amides is 2. The molecule has 0 radical (unpaired) electrons. The molecule has 1 aliphatic rings. The fourth-order valence-electron chi connectivity index (χ4n) is 3.00. The number of carbonyl (C=O) groups excluding carboxylic acids is 3. The summed E-state index contributed by atoms with van der Waals surface area (Å²) in [7, 11) is 0. The van der Waals surface area contributed by atoms with Gasteiger partial charge in [0.2, 0.25) is 0 Å². The van der Waals surface area contributed by atoms with Crippen LogP contribution in [0.15, 0.2) is 66.2 Å². The van der Waals surface area contributed by atoms with Gasteiger partial charge in [0, 0.05) is 5.54 Å². The molecule has 0 unspecified atom stereocenters. The van der Waals surface area contributed by atoms with Gasteiger partial charge in [-0.2, -0.15) is 0 Å². The SMILES string of the molecule is CC(C)(C)N1C(=O)C(C(=O)OCc2ccccc2)=C(c2ccccc2)C1=O. The molecule has 0 aliphatic carbocycles. The molecule has 0 saturated carbocycles. The van der Waals surface area contributed by atoms with E-state index in [9.17, 15) is 14.4 Å². The van der Waals surface area contributed by atoms with Gasteiger partial charge in [0.25, 0.3) is 11.8 Å². The van der Waals surface area contributed by atoms with Crippen LogP contribution in [0.25, 0.3) is 5.57 Å². The Bertz CT molecular complexity index is 908. The molecule has 0 bridgehead atoms. The highest BCUT2D eigenvalue weighted by atomic mass is 16.5. The van der Waals surface area contributed by atoms with Crippen LogP contribution in [0.4, 0.5) is 0 Å². The summed E-state index contributed by atoms with van der Waals surface area (Å²) >= 11 is 0. The van der Waals surface area contributed by atoms with Crippen LogP contribution < -0.4 is 0 Å². The molecule has 0 N–H and O–H groups in total. The first kappa shape index (κ1) is 18.6. The molecule has 2 aromatic carbocycles. The van der Waals surface area contributed by atoms with E-state index >= 15 is 0 Å². The van der Waals surface area contributed by atoms with Crippen molar-refractivity contribution in [1.82, 2.24) is 4.90 Å². The van der Waals surface area contributed by atoms with E-state index in [-0.39, 0.29) is 17.8 Å². The lowest BCUT2D eigenvalue weighted by Gasteiger charge is -2.30. The first-order valence-corrected chi connectivity index (χ1v) is 8.70. The van der Waals surface area contributed by atoms with Gasteiger partial charge in [0.15, 0.2) is 0 Å². The standard InChI is InChI=1S/C22H21NO4/c1-22(2,3)23-19(24)17(16-12-8-5-9-13-16)18(20(23)25)21(26)27-14-15-10-6-4-7-11-15/h4-13H,14H2,1-3H3. The van der Waals surface area contributed by atoms with Crippen molar-refractivity contribution in [2.75, 3.05) is 0 Å². The molecule has 27 heavy (non-hydrogen) atoms. The van der Waals surface area contributed by atoms with Crippen molar-refractivity contribution in [3.63, 3.8) is 0 Å². The highest BCUT2D eigenvalue weighted by Gasteiger charge is 2.47. The van der Waals surface area contributed by atoms with Gasteiger partial charge in [0.1, 0.15) is 12.2 Å². The Labute approximate surface area is 158 Å². The number of hydrogen-bond acceptors (Lipinski definition) is 4. The highest BCUT2D eigenvalue weighted by molar-refractivity contribution is 6.43. The van der Waals surface area contributed by atoms with E-state index in [1.807, 2.05) is 30.3 Å². The molecule has 2 aromatic rings. The second-order valence-electron chi connectivity index (χ2n) is 7.29. The Morgan fingerprint density at radius 1 is 0.889 bits per heavy atom. The van der Waals surface area contributed by atoms with E-state index in [2.05, 4.69) is 0 Å². The molecule has 0 atom stereocenters. The van der Waals surface area contributed by atoms with E-state index in [0.717, 1.165) is 10.5 Å². The van der Waals surface area contributed by atoms with Crippen molar-refractivity contribution in [2.45, 2.75) is 32.9 Å². The maximum atomic E-state index is 13.0. The molecular formula is C22H21NO4. The molecule has 0 fully saturated rings. The van der Waals surface area contributed by atoms with Crippen LogP contribution in [0.2, 0.25) is 0 Å². The predicted octanol–water partition coefficient (Wildman–Crippen LogP) is 3.35. The quantitative estimate of drug-likeness (QED) is 0.475. The molecule has 5 heteroatoms. The van der Waals surface area contributed by atoms with Crippen LogP contribution in [-0.4, -0.2) is 28.2 Å². The van der Waals surface area contributed by atoms with Crippen LogP contribution in [0.1, 0.15) is 31.9 Å². The third-order valence-corrected chi connectivity index (χ3v) is 4.23. The van der Waals surface area contributed by atoms with Crippen molar-refractivity contribution in [2.24, 2.45) is 0 Å². The van der Waals surface area contributed by atoms with Crippen molar-refractivity contribution < 1.29 is 19.1 Å². The first-order chi connectivity index (χ1) is 12.8. The number of carbonyl (C=O) groups is 3. The lowest BCUT2D eigenvalue weighted by molar-refractivity contribution is -0.146. The van der Waals surface area contributed by atoms with E-state index in [1.54, 1.807) is 51.1 Å². The normalized spacial score (nSPS) is 14.7. The van der Waals surface area contributed by atoms with E-state index < -0.39 is 23.3 Å². The summed E-state index contributed by atoms with van der Waals surface area (Å²) < 4.78 is 5.35. The second-order valence-corrected chi connectivity index (χ2v) is 7.29. The lowest BCUT2D eigenvalue weighted by atomic mass is 10.0. The summed E-state index contributed by atoms with van der Waals surface area (Å²) in [6, 6.07) is 17.9. The van der Waals surface area contributed by atoms with Crippen molar-refractivity contribution in [1.29, 1.82) is 0 Å². The predicted molar refractivity (Wildman–Crippen MR) is 101 cm³/mol. The van der Waals surface area contributed by atoms with Crippen LogP contribution in [-0.2, 0) is 25.7 Å². The third-order valence-electron chi connectivity index (χ3n) is 4.23. The Kier molecular flexibility index (Phi) is 4.95. The fourth-order valence-corrected chi connectivity index (χ4v) is 3.00. The fraction of sp³-hybridized carbons (Fsp3) is 0.227. The maximum absolute atomic E-state index is 13.0. The topological polar surface area (TPSA) is 63.7 Å². The second kappa shape index (κ2) is 7.19. The number of rotatable bonds is 4. The number of nitrogens with zero attached hydrogens (tertiary/aromatic N) is 1. The summed E-state index contributed by atoms with van der Waals surface area (Å²) in [4.78, 5) is 39.8. The largest absolute Gasteiger partial charge is 0.457 e. The summed E-state index contributed by atoms with van der Waals surface area (Å²) in [5.41, 5.74) is 0.451. The zero-order valence-electron chi connectivity index (χ0n) is 15.6. The molecule has 0 aromatic heterocycles. The lowest BCUT2D eigenvalue weighted by Crippen LogP contribution is -2.46. The van der Waals surface area contributed by atoms with Gasteiger partial charge in [0.05, 0.1) is 5.57 Å². The van der Waals surface area contributed by atoms with Crippen molar-refractivity contribution >= 4 is 23.4 Å². The van der Waals surface area contributed by atoms with Gasteiger partial charge in [-0.1, -0.05) is 60.7 Å². The van der Waals surface area contributed by atoms with Gasteiger partial charge < -0.3 is 4.74 Å². The van der Waals surface area contributed by atoms with Crippen LogP contribution in [0.3, 0.4) is 0 Å². The number of ether oxygens (including phenoxy) is 1. The third kappa shape index (κ3) is 3.67. The summed E-state index contributed by atoms with van der Waals surface area (Å²) in [5, 5.41) is 0. The van der Waals surface area contributed by atoms with Gasteiger partial charge in [-0.3, -0.25) is 14.5 Å². The van der Waals surface area contributed by atoms with E-state index in [0.29, 0.717) is 5.56 Å². The minimum atomic E-state index is -0.789. The molecule has 3 rings (SSSR count). The Morgan fingerprint density at radius 2 is 1.44 bits per heavy atom. The highest BCUT2D eigenvalue weighted by Crippen LogP contribution is 2.34. The van der Waals surface area contributed by atoms with Gasteiger partial charge in [-0.25, -0.2) is 4.79 Å². The number of hydrogen-bond donors (Lipinski definition) is 0. The number of esters is 1. The molecule has 138 valence electrons. The molecule has 5 nitrogen and oxygen atoms in total. The van der Waals surface area contributed by atoms with Crippen molar-refractivity contribution in [3.05, 3.63) is 77.4 Å². The molecule has 1 heterocycles. The van der Waals surface area contributed by atoms with E-state index in [1.165, 1.54) is 0 Å². The average Bonchev–Trinajstić information content (AvgIpc) is 2.91. The van der Waals surface area contributed by atoms with Gasteiger partial charge in [-0.15, -0.1) is 0 Å². The molecule has 2 amide bonds. The van der Waals surface area contributed by atoms with Crippen LogP contribution >= 0.6 is 0 Å². The van der Waals surface area contributed by atoms with Crippen LogP contribution in [0.5, 0.6) is 0 Å². The zero-order chi connectivity index (χ0) is 19.6. The molecular weight excluding hydrogens is 342 g/mol. The van der Waals surface area contributed by atoms with Crippen LogP contribution in [0, 0.1) is 0 Å². The Morgan fingerprint density at radius 3 is 2.00 bits per heavy atom. The minimum absolute atomic E-state index is 0.0300. The van der Waals surface area contributed by atoms with Crippen molar-refractivity contribution in [3.8, 4) is 0 Å². The zero-order valence-corrected chi connectivity index (χ0v) is 15.6. The summed E-state index contributed by atoms with van der Waals surface area (Å²) in [6.45, 7) is 5.29. The molecule has 0 saturated heterocycles. The number of benzene rings is 2. The van der Waals surface area contributed by atoms with Gasteiger partial charge in [-0.05, 0) is 31.9 Å². The summed E-state index contributed by atoms with van der Waals surface area (Å²) in [5.74, 6) is -1.89. The molecule has 0 spiro atoms. The van der Waals surface area contributed by atoms with E-state index in [4.69, 9.17) is 4.74 Å². The minimum Gasteiger partial charge on any atom is -0.457 e. The Balaban J connectivity index is 1.98. The Hall–Kier alpha value is -3.21. The number of imide groups is 1. The smallest absolute Gasteiger partial charge is 0.344 e.